The zero-order chi connectivity index (χ0) is 11.7. The first-order valence-electron chi connectivity index (χ1n) is 5.19. The second kappa shape index (κ2) is 4.18. The van der Waals surface area contributed by atoms with Crippen molar-refractivity contribution < 1.29 is 0 Å². The molecule has 2 aromatic rings. The first-order valence-corrected chi connectivity index (χ1v) is 5.57. The zero-order valence-electron chi connectivity index (χ0n) is 9.29. The van der Waals surface area contributed by atoms with Gasteiger partial charge in [0.05, 0.1) is 5.69 Å². The molecule has 0 aliphatic rings. The van der Waals surface area contributed by atoms with Crippen molar-refractivity contribution in [3.05, 3.63) is 35.0 Å². The summed E-state index contributed by atoms with van der Waals surface area (Å²) in [5.41, 5.74) is 8.68. The highest BCUT2D eigenvalue weighted by Gasteiger charge is 2.13. The van der Waals surface area contributed by atoms with Gasteiger partial charge in [-0.2, -0.15) is 0 Å². The normalized spacial score (nSPS) is 11.0. The minimum atomic E-state index is 0.357. The highest BCUT2D eigenvalue weighted by molar-refractivity contribution is 6.30. The van der Waals surface area contributed by atoms with Crippen LogP contribution in [0.4, 0.5) is 5.95 Å². The minimum absolute atomic E-state index is 0.357. The molecule has 84 valence electrons. The fourth-order valence-corrected chi connectivity index (χ4v) is 1.78. The van der Waals surface area contributed by atoms with Gasteiger partial charge in [0, 0.05) is 16.3 Å². The number of imidazole rings is 1. The van der Waals surface area contributed by atoms with Crippen LogP contribution < -0.4 is 5.73 Å². The van der Waals surface area contributed by atoms with Gasteiger partial charge in [-0.3, -0.25) is 0 Å². The number of hydrogen-bond acceptors (Lipinski definition) is 2. The van der Waals surface area contributed by atoms with E-state index in [1.54, 1.807) is 0 Å². The van der Waals surface area contributed by atoms with Crippen LogP contribution in [0, 0.1) is 0 Å². The number of aromatic amines is 1. The number of anilines is 1. The van der Waals surface area contributed by atoms with E-state index in [2.05, 4.69) is 23.8 Å². The Morgan fingerprint density at radius 1 is 1.25 bits per heavy atom. The van der Waals surface area contributed by atoms with Gasteiger partial charge in [0.2, 0.25) is 0 Å². The highest BCUT2D eigenvalue weighted by Crippen LogP contribution is 2.28. The molecule has 0 saturated heterocycles. The largest absolute Gasteiger partial charge is 0.369 e. The molecule has 1 aromatic heterocycles. The molecule has 0 amide bonds. The summed E-state index contributed by atoms with van der Waals surface area (Å²) in [7, 11) is 0. The lowest BCUT2D eigenvalue weighted by molar-refractivity contribution is 0.836. The smallest absolute Gasteiger partial charge is 0.198 e. The van der Waals surface area contributed by atoms with Crippen LogP contribution in [-0.4, -0.2) is 9.97 Å². The molecule has 2 rings (SSSR count). The lowest BCUT2D eigenvalue weighted by Crippen LogP contribution is -1.91. The van der Waals surface area contributed by atoms with Crippen molar-refractivity contribution in [2.45, 2.75) is 19.8 Å². The van der Waals surface area contributed by atoms with Crippen molar-refractivity contribution in [3.8, 4) is 11.3 Å². The number of rotatable bonds is 2. The van der Waals surface area contributed by atoms with Crippen molar-refractivity contribution in [2.75, 3.05) is 5.73 Å². The Morgan fingerprint density at radius 2 is 1.88 bits per heavy atom. The monoisotopic (exact) mass is 235 g/mol. The molecular formula is C12H14ClN3. The van der Waals surface area contributed by atoms with Crippen molar-refractivity contribution in [3.63, 3.8) is 0 Å². The van der Waals surface area contributed by atoms with Crippen molar-refractivity contribution in [1.82, 2.24) is 9.97 Å². The molecule has 1 heterocycles. The number of nitrogens with zero attached hydrogens (tertiary/aromatic N) is 1. The van der Waals surface area contributed by atoms with E-state index in [9.17, 15) is 0 Å². The first kappa shape index (κ1) is 11.0. The average molecular weight is 236 g/mol. The van der Waals surface area contributed by atoms with E-state index in [0.29, 0.717) is 11.9 Å². The molecule has 0 radical (unpaired) electrons. The molecule has 1 aromatic carbocycles. The lowest BCUT2D eigenvalue weighted by atomic mass is 10.0. The number of halogens is 1. The summed E-state index contributed by atoms with van der Waals surface area (Å²) in [4.78, 5) is 7.40. The summed E-state index contributed by atoms with van der Waals surface area (Å²) < 4.78 is 0. The maximum atomic E-state index is 5.85. The van der Waals surface area contributed by atoms with Crippen LogP contribution in [0.3, 0.4) is 0 Å². The number of aromatic nitrogens is 2. The Morgan fingerprint density at radius 3 is 2.44 bits per heavy atom. The summed E-state index contributed by atoms with van der Waals surface area (Å²) in [6, 6.07) is 7.60. The van der Waals surface area contributed by atoms with Crippen molar-refractivity contribution in [1.29, 1.82) is 0 Å². The molecule has 0 unspecified atom stereocenters. The molecule has 0 aliphatic heterocycles. The number of benzene rings is 1. The molecule has 0 bridgehead atoms. The van der Waals surface area contributed by atoms with Gasteiger partial charge in [0.1, 0.15) is 0 Å². The summed E-state index contributed by atoms with van der Waals surface area (Å²) in [5, 5.41) is 0.721. The van der Waals surface area contributed by atoms with E-state index >= 15 is 0 Å². The van der Waals surface area contributed by atoms with Gasteiger partial charge in [-0.1, -0.05) is 37.6 Å². The third kappa shape index (κ3) is 2.04. The molecule has 3 N–H and O–H groups in total. The molecule has 0 fully saturated rings. The standard InChI is InChI=1S/C12H14ClN3/c1-7(2)10-11(16-12(14)15-10)8-3-5-9(13)6-4-8/h3-7H,1-2H3,(H3,14,15,16). The second-order valence-corrected chi connectivity index (χ2v) is 4.48. The van der Waals surface area contributed by atoms with E-state index in [1.807, 2.05) is 24.3 Å². The molecule has 0 atom stereocenters. The molecule has 3 nitrogen and oxygen atoms in total. The van der Waals surface area contributed by atoms with Gasteiger partial charge in [-0.15, -0.1) is 0 Å². The Balaban J connectivity index is 2.50. The zero-order valence-corrected chi connectivity index (χ0v) is 10.0. The number of nitrogen functional groups attached to an aromatic ring is 1. The van der Waals surface area contributed by atoms with Crippen molar-refractivity contribution in [2.24, 2.45) is 0 Å². The molecule has 0 aliphatic carbocycles. The maximum Gasteiger partial charge on any atom is 0.198 e. The minimum Gasteiger partial charge on any atom is -0.369 e. The quantitative estimate of drug-likeness (QED) is 0.838. The SMILES string of the molecule is CC(C)c1[nH]c(N)nc1-c1ccc(Cl)cc1. The van der Waals surface area contributed by atoms with Gasteiger partial charge in [-0.05, 0) is 18.1 Å². The number of nitrogens with two attached hydrogens (primary N) is 1. The van der Waals surface area contributed by atoms with E-state index < -0.39 is 0 Å². The van der Waals surface area contributed by atoms with Gasteiger partial charge in [-0.25, -0.2) is 4.98 Å². The Bertz CT molecular complexity index is 485. The Kier molecular flexibility index (Phi) is 2.88. The fourth-order valence-electron chi connectivity index (χ4n) is 1.65. The molecule has 4 heteroatoms. The van der Waals surface area contributed by atoms with Crippen LogP contribution in [0.1, 0.15) is 25.5 Å². The van der Waals surface area contributed by atoms with Crippen LogP contribution in [0.5, 0.6) is 0 Å². The Hall–Kier alpha value is -1.48. The van der Waals surface area contributed by atoms with E-state index in [1.165, 1.54) is 0 Å². The van der Waals surface area contributed by atoms with Gasteiger partial charge >= 0.3 is 0 Å². The third-order valence-corrected chi connectivity index (χ3v) is 2.70. The average Bonchev–Trinajstić information content (AvgIpc) is 2.61. The fraction of sp³-hybridized carbons (Fsp3) is 0.250. The van der Waals surface area contributed by atoms with Crippen molar-refractivity contribution >= 4 is 17.5 Å². The van der Waals surface area contributed by atoms with Gasteiger partial charge in [0.15, 0.2) is 5.95 Å². The van der Waals surface area contributed by atoms with Gasteiger partial charge < -0.3 is 10.7 Å². The van der Waals surface area contributed by atoms with Crippen LogP contribution in [0.25, 0.3) is 11.3 Å². The van der Waals surface area contributed by atoms with Crippen LogP contribution in [0.2, 0.25) is 5.02 Å². The summed E-state index contributed by atoms with van der Waals surface area (Å²) in [5.74, 6) is 0.809. The predicted molar refractivity (Wildman–Crippen MR) is 67.5 cm³/mol. The predicted octanol–water partition coefficient (Wildman–Crippen LogP) is 3.44. The van der Waals surface area contributed by atoms with Crippen LogP contribution >= 0.6 is 11.6 Å². The lowest BCUT2D eigenvalue weighted by Gasteiger charge is -2.05. The van der Waals surface area contributed by atoms with E-state index in [-0.39, 0.29) is 0 Å². The number of nitrogens with one attached hydrogen (secondary N) is 1. The molecule has 0 saturated carbocycles. The number of H-pyrrole nitrogens is 1. The number of hydrogen-bond donors (Lipinski definition) is 2. The van der Waals surface area contributed by atoms with Gasteiger partial charge in [0.25, 0.3) is 0 Å². The highest BCUT2D eigenvalue weighted by atomic mass is 35.5. The molecule has 0 spiro atoms. The summed E-state index contributed by atoms with van der Waals surface area (Å²) >= 11 is 5.85. The third-order valence-electron chi connectivity index (χ3n) is 2.45. The first-order chi connectivity index (χ1) is 7.58. The van der Waals surface area contributed by atoms with E-state index in [4.69, 9.17) is 17.3 Å². The molecule has 16 heavy (non-hydrogen) atoms. The summed E-state index contributed by atoms with van der Waals surface area (Å²) in [6.07, 6.45) is 0. The van der Waals surface area contributed by atoms with Crippen LogP contribution in [-0.2, 0) is 0 Å². The Labute approximate surface area is 99.7 Å². The maximum absolute atomic E-state index is 5.85. The topological polar surface area (TPSA) is 54.7 Å². The second-order valence-electron chi connectivity index (χ2n) is 4.05. The summed E-state index contributed by atoms with van der Waals surface area (Å²) in [6.45, 7) is 4.21. The molecular weight excluding hydrogens is 222 g/mol. The van der Waals surface area contributed by atoms with Crippen LogP contribution in [0.15, 0.2) is 24.3 Å². The van der Waals surface area contributed by atoms with E-state index in [0.717, 1.165) is 22.0 Å².